The van der Waals surface area contributed by atoms with Crippen molar-refractivity contribution in [2.45, 2.75) is 69.4 Å². The standard InChI is InChI=1S/C19H35N3/c1-21-13-9-19(10-14-21,22-11-3-2-4-12-22)15-20-18(16-5-6-16)17-7-8-17/h16-18,20H,2-15H2,1H3. The molecule has 3 nitrogen and oxygen atoms in total. The zero-order chi connectivity index (χ0) is 15.0. The lowest BCUT2D eigenvalue weighted by Gasteiger charge is -2.50. The number of hydrogen-bond donors (Lipinski definition) is 1. The summed E-state index contributed by atoms with van der Waals surface area (Å²) < 4.78 is 0. The average molecular weight is 306 g/mol. The van der Waals surface area contributed by atoms with Gasteiger partial charge in [0.05, 0.1) is 0 Å². The van der Waals surface area contributed by atoms with Crippen LogP contribution in [0.2, 0.25) is 0 Å². The number of rotatable bonds is 6. The van der Waals surface area contributed by atoms with Crippen molar-refractivity contribution in [3.63, 3.8) is 0 Å². The van der Waals surface area contributed by atoms with Gasteiger partial charge in [-0.3, -0.25) is 4.90 Å². The maximum atomic E-state index is 4.11. The first-order valence-corrected chi connectivity index (χ1v) is 9.94. The Labute approximate surface area is 136 Å². The highest BCUT2D eigenvalue weighted by atomic mass is 15.3. The lowest BCUT2D eigenvalue weighted by Crippen LogP contribution is -2.62. The van der Waals surface area contributed by atoms with Crippen LogP contribution >= 0.6 is 0 Å². The van der Waals surface area contributed by atoms with E-state index in [1.54, 1.807) is 0 Å². The first kappa shape index (κ1) is 15.4. The quantitative estimate of drug-likeness (QED) is 0.814. The van der Waals surface area contributed by atoms with Crippen molar-refractivity contribution in [2.24, 2.45) is 11.8 Å². The number of piperidine rings is 2. The first-order valence-electron chi connectivity index (χ1n) is 9.94. The summed E-state index contributed by atoms with van der Waals surface area (Å²) in [7, 11) is 2.30. The van der Waals surface area contributed by atoms with Crippen LogP contribution < -0.4 is 5.32 Å². The van der Waals surface area contributed by atoms with Crippen molar-refractivity contribution in [3.05, 3.63) is 0 Å². The molecule has 0 bridgehead atoms. The van der Waals surface area contributed by atoms with Crippen molar-refractivity contribution < 1.29 is 0 Å². The Balaban J connectivity index is 1.42. The second-order valence-corrected chi connectivity index (χ2v) is 8.66. The molecule has 126 valence electrons. The zero-order valence-corrected chi connectivity index (χ0v) is 14.5. The molecule has 22 heavy (non-hydrogen) atoms. The molecule has 2 saturated heterocycles. The highest BCUT2D eigenvalue weighted by Gasteiger charge is 2.44. The summed E-state index contributed by atoms with van der Waals surface area (Å²) in [6.07, 6.45) is 13.0. The number of nitrogens with zero attached hydrogens (tertiary/aromatic N) is 2. The van der Waals surface area contributed by atoms with E-state index >= 15 is 0 Å². The van der Waals surface area contributed by atoms with Crippen molar-refractivity contribution in [2.75, 3.05) is 39.8 Å². The Morgan fingerprint density at radius 3 is 2.05 bits per heavy atom. The van der Waals surface area contributed by atoms with Crippen molar-refractivity contribution in [1.82, 2.24) is 15.1 Å². The second kappa shape index (κ2) is 6.41. The van der Waals surface area contributed by atoms with Crippen LogP contribution in [-0.4, -0.2) is 61.2 Å². The van der Waals surface area contributed by atoms with Gasteiger partial charge in [0.1, 0.15) is 0 Å². The molecule has 4 aliphatic rings. The molecule has 2 aliphatic carbocycles. The zero-order valence-electron chi connectivity index (χ0n) is 14.5. The van der Waals surface area contributed by atoms with Gasteiger partial charge in [0.2, 0.25) is 0 Å². The number of hydrogen-bond acceptors (Lipinski definition) is 3. The van der Waals surface area contributed by atoms with E-state index in [1.807, 2.05) is 0 Å². The molecule has 4 rings (SSSR count). The topological polar surface area (TPSA) is 18.5 Å². The summed E-state index contributed by atoms with van der Waals surface area (Å²) in [4.78, 5) is 5.41. The van der Waals surface area contributed by atoms with Crippen LogP contribution in [0, 0.1) is 11.8 Å². The third-order valence-electron chi connectivity index (χ3n) is 6.87. The van der Waals surface area contributed by atoms with Gasteiger partial charge >= 0.3 is 0 Å². The van der Waals surface area contributed by atoms with Crippen LogP contribution in [0.15, 0.2) is 0 Å². The molecular formula is C19H35N3. The Morgan fingerprint density at radius 2 is 1.50 bits per heavy atom. The maximum Gasteiger partial charge on any atom is 0.0358 e. The lowest BCUT2D eigenvalue weighted by atomic mass is 9.83. The fraction of sp³-hybridized carbons (Fsp3) is 1.00. The monoisotopic (exact) mass is 305 g/mol. The summed E-state index contributed by atoms with van der Waals surface area (Å²) in [5, 5.41) is 4.11. The Kier molecular flexibility index (Phi) is 4.49. The Morgan fingerprint density at radius 1 is 0.909 bits per heavy atom. The predicted octanol–water partition coefficient (Wildman–Crippen LogP) is 2.71. The van der Waals surface area contributed by atoms with E-state index in [4.69, 9.17) is 0 Å². The van der Waals surface area contributed by atoms with E-state index < -0.39 is 0 Å². The van der Waals surface area contributed by atoms with E-state index in [1.165, 1.54) is 90.5 Å². The summed E-state index contributed by atoms with van der Waals surface area (Å²) in [5.41, 5.74) is 0.467. The molecule has 0 atom stereocenters. The van der Waals surface area contributed by atoms with Gasteiger partial charge in [0.15, 0.2) is 0 Å². The molecule has 2 heterocycles. The van der Waals surface area contributed by atoms with Crippen LogP contribution in [0.4, 0.5) is 0 Å². The minimum Gasteiger partial charge on any atom is -0.312 e. The highest BCUT2D eigenvalue weighted by Crippen LogP contribution is 2.45. The van der Waals surface area contributed by atoms with Gasteiger partial charge in [-0.05, 0) is 96.4 Å². The summed E-state index contributed by atoms with van der Waals surface area (Å²) >= 11 is 0. The average Bonchev–Trinajstić information content (AvgIpc) is 3.45. The molecule has 0 aromatic rings. The van der Waals surface area contributed by atoms with Crippen molar-refractivity contribution in [1.29, 1.82) is 0 Å². The van der Waals surface area contributed by atoms with Gasteiger partial charge in [0.25, 0.3) is 0 Å². The van der Waals surface area contributed by atoms with Gasteiger partial charge < -0.3 is 10.2 Å². The SMILES string of the molecule is CN1CCC(CNC(C2CC2)C2CC2)(N2CCCCC2)CC1. The first-order chi connectivity index (χ1) is 10.8. The van der Waals surface area contributed by atoms with Gasteiger partial charge in [-0.25, -0.2) is 0 Å². The fourth-order valence-electron chi connectivity index (χ4n) is 4.94. The lowest BCUT2D eigenvalue weighted by molar-refractivity contribution is 0.0116. The van der Waals surface area contributed by atoms with Crippen LogP contribution in [0.25, 0.3) is 0 Å². The molecule has 0 amide bonds. The predicted molar refractivity (Wildman–Crippen MR) is 92.1 cm³/mol. The van der Waals surface area contributed by atoms with Crippen LogP contribution in [0.3, 0.4) is 0 Å². The summed E-state index contributed by atoms with van der Waals surface area (Å²) in [5.74, 6) is 2.05. The van der Waals surface area contributed by atoms with Crippen LogP contribution in [0.5, 0.6) is 0 Å². The summed E-state index contributed by atoms with van der Waals surface area (Å²) in [6.45, 7) is 6.54. The molecule has 0 spiro atoms. The van der Waals surface area contributed by atoms with E-state index in [0.29, 0.717) is 5.54 Å². The molecule has 3 heteroatoms. The summed E-state index contributed by atoms with van der Waals surface area (Å²) in [6, 6.07) is 0.862. The van der Waals surface area contributed by atoms with Gasteiger partial charge in [-0.2, -0.15) is 0 Å². The molecule has 0 radical (unpaired) electrons. The third-order valence-corrected chi connectivity index (χ3v) is 6.87. The van der Waals surface area contributed by atoms with E-state index in [-0.39, 0.29) is 0 Å². The molecule has 0 aromatic carbocycles. The van der Waals surface area contributed by atoms with Gasteiger partial charge in [-0.1, -0.05) is 6.42 Å². The second-order valence-electron chi connectivity index (χ2n) is 8.66. The molecule has 0 aromatic heterocycles. The van der Waals surface area contributed by atoms with Gasteiger partial charge in [0, 0.05) is 18.1 Å². The number of nitrogens with one attached hydrogen (secondary N) is 1. The minimum absolute atomic E-state index is 0.467. The van der Waals surface area contributed by atoms with Gasteiger partial charge in [-0.15, -0.1) is 0 Å². The van der Waals surface area contributed by atoms with E-state index in [2.05, 4.69) is 22.2 Å². The maximum absolute atomic E-state index is 4.11. The van der Waals surface area contributed by atoms with E-state index in [9.17, 15) is 0 Å². The van der Waals surface area contributed by atoms with Crippen molar-refractivity contribution >= 4 is 0 Å². The molecular weight excluding hydrogens is 270 g/mol. The van der Waals surface area contributed by atoms with Crippen LogP contribution in [-0.2, 0) is 0 Å². The molecule has 2 saturated carbocycles. The van der Waals surface area contributed by atoms with E-state index in [0.717, 1.165) is 17.9 Å². The highest BCUT2D eigenvalue weighted by molar-refractivity contribution is 5.02. The molecule has 4 fully saturated rings. The molecule has 0 unspecified atom stereocenters. The molecule has 2 aliphatic heterocycles. The number of likely N-dealkylation sites (tertiary alicyclic amines) is 2. The molecule has 1 N–H and O–H groups in total. The van der Waals surface area contributed by atoms with Crippen molar-refractivity contribution in [3.8, 4) is 0 Å². The Bertz CT molecular complexity index is 349. The largest absolute Gasteiger partial charge is 0.312 e. The van der Waals surface area contributed by atoms with Crippen LogP contribution in [0.1, 0.15) is 57.8 Å². The third kappa shape index (κ3) is 3.37. The fourth-order valence-corrected chi connectivity index (χ4v) is 4.94. The Hall–Kier alpha value is -0.120. The normalized spacial score (nSPS) is 30.8. The smallest absolute Gasteiger partial charge is 0.0358 e. The minimum atomic E-state index is 0.467.